The van der Waals surface area contributed by atoms with Gasteiger partial charge >= 0.3 is 0 Å². The van der Waals surface area contributed by atoms with Crippen molar-refractivity contribution in [2.24, 2.45) is 0 Å². The van der Waals surface area contributed by atoms with Gasteiger partial charge in [-0.2, -0.15) is 0 Å². The van der Waals surface area contributed by atoms with Crippen LogP contribution in [0.4, 0.5) is 8.78 Å². The third-order valence-corrected chi connectivity index (χ3v) is 8.18. The minimum Gasteiger partial charge on any atom is -0.461 e. The first-order valence-corrected chi connectivity index (χ1v) is 13.4. The largest absolute Gasteiger partial charge is 0.461 e. The molecule has 1 aliphatic carbocycles. The number of amides is 1. The molecule has 2 aliphatic rings. The monoisotopic (exact) mass is 491 g/mol. The number of rotatable bonds is 4. The van der Waals surface area contributed by atoms with E-state index in [1.54, 1.807) is 12.1 Å². The summed E-state index contributed by atoms with van der Waals surface area (Å²) in [6.07, 6.45) is 13.7. The Bertz CT molecular complexity index is 965. The number of thioether (sulfide) groups is 1. The van der Waals surface area contributed by atoms with Crippen molar-refractivity contribution < 1.29 is 18.0 Å². The fraction of sp³-hybridized carbons (Fsp3) is 0.538. The fourth-order valence-corrected chi connectivity index (χ4v) is 6.45. The average Bonchev–Trinajstić information content (AvgIpc) is 3.35. The molecule has 1 aliphatic heterocycles. The summed E-state index contributed by atoms with van der Waals surface area (Å²) in [5.74, 6) is -0.626. The van der Waals surface area contributed by atoms with Crippen molar-refractivity contribution in [3.8, 4) is 11.3 Å². The molecule has 0 spiro atoms. The van der Waals surface area contributed by atoms with Crippen molar-refractivity contribution in [2.75, 3.05) is 0 Å². The maximum Gasteiger partial charge on any atom is 0.242 e. The van der Waals surface area contributed by atoms with Crippen molar-refractivity contribution in [3.63, 3.8) is 0 Å². The van der Waals surface area contributed by atoms with Gasteiger partial charge in [-0.1, -0.05) is 81.8 Å². The lowest BCUT2D eigenvalue weighted by atomic mass is 9.97. The van der Waals surface area contributed by atoms with Gasteiger partial charge in [-0.25, -0.2) is 8.78 Å². The third-order valence-electron chi connectivity index (χ3n) is 6.64. The van der Waals surface area contributed by atoms with E-state index in [0.717, 1.165) is 37.8 Å². The second-order valence-corrected chi connectivity index (χ2v) is 10.9. The van der Waals surface area contributed by atoms with Crippen LogP contribution in [0, 0.1) is 11.6 Å². The van der Waals surface area contributed by atoms with E-state index in [0.29, 0.717) is 27.8 Å². The second-order valence-electron chi connectivity index (χ2n) is 9.09. The minimum absolute atomic E-state index is 0.0767. The van der Waals surface area contributed by atoms with E-state index in [-0.39, 0.29) is 17.2 Å². The summed E-state index contributed by atoms with van der Waals surface area (Å²) in [7, 11) is 0. The minimum atomic E-state index is -0.912. The normalized spacial score (nSPS) is 21.8. The van der Waals surface area contributed by atoms with Crippen LogP contribution >= 0.6 is 24.0 Å². The molecule has 1 unspecified atom stereocenters. The molecular formula is C26H31F2NO2S2. The second kappa shape index (κ2) is 11.6. The first-order valence-electron chi connectivity index (χ1n) is 12.1. The predicted octanol–water partition coefficient (Wildman–Crippen LogP) is 7.67. The highest BCUT2D eigenvalue weighted by atomic mass is 32.2. The highest BCUT2D eigenvalue weighted by Crippen LogP contribution is 2.35. The number of thiocarbonyl (C=S) groups is 1. The van der Waals surface area contributed by atoms with Crippen LogP contribution in [0.5, 0.6) is 0 Å². The van der Waals surface area contributed by atoms with Crippen LogP contribution in [0.25, 0.3) is 11.3 Å². The van der Waals surface area contributed by atoms with Gasteiger partial charge in [-0.3, -0.25) is 9.69 Å². The molecule has 7 heteroatoms. The molecule has 1 aromatic heterocycles. The molecule has 2 aromatic rings. The average molecular weight is 492 g/mol. The summed E-state index contributed by atoms with van der Waals surface area (Å²) in [6.45, 7) is 0. The third kappa shape index (κ3) is 6.24. The van der Waals surface area contributed by atoms with Crippen LogP contribution in [0.15, 0.2) is 34.7 Å². The van der Waals surface area contributed by atoms with E-state index in [9.17, 15) is 13.6 Å². The van der Waals surface area contributed by atoms with Gasteiger partial charge < -0.3 is 4.42 Å². The van der Waals surface area contributed by atoms with Crippen LogP contribution in [0.1, 0.15) is 76.4 Å². The number of halogens is 2. The zero-order valence-corrected chi connectivity index (χ0v) is 20.5. The molecule has 1 saturated heterocycles. The van der Waals surface area contributed by atoms with E-state index in [2.05, 4.69) is 0 Å². The van der Waals surface area contributed by atoms with Gasteiger partial charge in [-0.05, 0) is 43.2 Å². The molecule has 0 N–H and O–H groups in total. The lowest BCUT2D eigenvalue weighted by Gasteiger charge is -2.28. The number of hydrogen-bond acceptors (Lipinski definition) is 4. The Morgan fingerprint density at radius 1 is 0.909 bits per heavy atom. The van der Waals surface area contributed by atoms with E-state index in [1.165, 1.54) is 62.8 Å². The van der Waals surface area contributed by atoms with Crippen LogP contribution in [-0.2, 0) is 11.2 Å². The highest BCUT2D eigenvalue weighted by molar-refractivity contribution is 8.24. The molecule has 0 radical (unpaired) electrons. The lowest BCUT2D eigenvalue weighted by Crippen LogP contribution is -2.41. The summed E-state index contributed by atoms with van der Waals surface area (Å²) in [6, 6.07) is 7.41. The van der Waals surface area contributed by atoms with Crippen LogP contribution in [0.2, 0.25) is 0 Å². The molecule has 33 heavy (non-hydrogen) atoms. The number of carbonyl (C=O) groups is 1. The first-order chi connectivity index (χ1) is 16.0. The molecule has 1 atom stereocenters. The van der Waals surface area contributed by atoms with Crippen molar-refractivity contribution in [1.82, 2.24) is 4.90 Å². The number of carbonyl (C=O) groups excluding carboxylic acids is 1. The van der Waals surface area contributed by atoms with Crippen molar-refractivity contribution >= 4 is 34.2 Å². The van der Waals surface area contributed by atoms with Gasteiger partial charge in [0.2, 0.25) is 5.91 Å². The number of benzene rings is 1. The van der Waals surface area contributed by atoms with Crippen molar-refractivity contribution in [1.29, 1.82) is 0 Å². The number of furan rings is 1. The van der Waals surface area contributed by atoms with Gasteiger partial charge in [0.25, 0.3) is 0 Å². The van der Waals surface area contributed by atoms with E-state index in [1.807, 2.05) is 4.90 Å². The molecule has 178 valence electrons. The van der Waals surface area contributed by atoms with E-state index >= 15 is 0 Å². The van der Waals surface area contributed by atoms with Crippen LogP contribution in [0.3, 0.4) is 0 Å². The molecule has 2 heterocycles. The molecule has 1 saturated carbocycles. The maximum atomic E-state index is 13.6. The first kappa shape index (κ1) is 24.4. The Hall–Kier alpha value is -1.73. The van der Waals surface area contributed by atoms with Gasteiger partial charge in [0.05, 0.1) is 5.25 Å². The fourth-order valence-electron chi connectivity index (χ4n) is 4.81. The van der Waals surface area contributed by atoms with Gasteiger partial charge in [0, 0.05) is 18.0 Å². The highest BCUT2D eigenvalue weighted by Gasteiger charge is 2.40. The summed E-state index contributed by atoms with van der Waals surface area (Å²) in [5.41, 5.74) is 0.468. The summed E-state index contributed by atoms with van der Waals surface area (Å²) < 4.78 is 33.3. The van der Waals surface area contributed by atoms with Crippen molar-refractivity contribution in [2.45, 2.75) is 88.3 Å². The molecule has 4 rings (SSSR count). The summed E-state index contributed by atoms with van der Waals surface area (Å²) >= 11 is 7.09. The Balaban J connectivity index is 1.41. The molecule has 1 aromatic carbocycles. The number of nitrogens with zero attached hydrogens (tertiary/aromatic N) is 1. The van der Waals surface area contributed by atoms with Crippen molar-refractivity contribution in [3.05, 3.63) is 47.7 Å². The zero-order chi connectivity index (χ0) is 23.2. The topological polar surface area (TPSA) is 33.5 Å². The smallest absolute Gasteiger partial charge is 0.242 e. The van der Waals surface area contributed by atoms with Gasteiger partial charge in [-0.15, -0.1) is 0 Å². The molecule has 0 bridgehead atoms. The molecule has 2 fully saturated rings. The quantitative estimate of drug-likeness (QED) is 0.411. The Kier molecular flexibility index (Phi) is 8.58. The maximum absolute atomic E-state index is 13.6. The van der Waals surface area contributed by atoms with E-state index < -0.39 is 11.6 Å². The van der Waals surface area contributed by atoms with Gasteiger partial charge in [0.15, 0.2) is 11.6 Å². The predicted molar refractivity (Wildman–Crippen MR) is 133 cm³/mol. The Morgan fingerprint density at radius 3 is 2.18 bits per heavy atom. The summed E-state index contributed by atoms with van der Waals surface area (Å²) in [5, 5.41) is -0.303. The number of hydrogen-bond donors (Lipinski definition) is 0. The lowest BCUT2D eigenvalue weighted by molar-refractivity contribution is -0.127. The Labute approximate surface area is 204 Å². The zero-order valence-electron chi connectivity index (χ0n) is 18.9. The standard InChI is InChI=1S/C26H31F2NO2S2/c27-21-14-12-18(16-22(21)28)23-15-13-20(31-23)17-24-25(30)29(26(32)33-24)19-10-8-6-4-2-1-3-5-7-9-11-19/h12-16,19,24H,1-11,17H2. The van der Waals surface area contributed by atoms with Crippen LogP contribution < -0.4 is 0 Å². The van der Waals surface area contributed by atoms with Crippen LogP contribution in [-0.4, -0.2) is 26.4 Å². The Morgan fingerprint density at radius 2 is 1.55 bits per heavy atom. The molecular weight excluding hydrogens is 460 g/mol. The molecule has 3 nitrogen and oxygen atoms in total. The van der Waals surface area contributed by atoms with Gasteiger partial charge in [0.1, 0.15) is 15.8 Å². The summed E-state index contributed by atoms with van der Waals surface area (Å²) in [4.78, 5) is 15.2. The SMILES string of the molecule is O=C1C(Cc2ccc(-c3ccc(F)c(F)c3)o2)SC(=S)N1C1CCCCCCCCCCC1. The molecule has 1 amide bonds. The van der Waals surface area contributed by atoms with E-state index in [4.69, 9.17) is 16.6 Å².